The number of rotatable bonds is 4. The smallest absolute Gasteiger partial charge is 0.213 e. The van der Waals surface area contributed by atoms with Gasteiger partial charge >= 0.3 is 0 Å². The van der Waals surface area contributed by atoms with Gasteiger partial charge in [0.05, 0.1) is 0 Å². The number of benzene rings is 1. The first-order chi connectivity index (χ1) is 9.88. The Labute approximate surface area is 128 Å². The SMILES string of the molecule is CN(C=O)c1ccc(OC2(C(C)(C)C)CCCCC2)cc1. The standard InChI is InChI=1S/C18H27NO2/c1-17(2,3)18(12-6-5-7-13-18)21-16-10-8-15(9-11-16)19(4)14-20/h8-11,14H,5-7,12-13H2,1-4H3. The molecule has 1 fully saturated rings. The van der Waals surface area contributed by atoms with Crippen LogP contribution >= 0.6 is 0 Å². The lowest BCUT2D eigenvalue weighted by molar-refractivity contribution is -0.107. The molecule has 0 N–H and O–H groups in total. The Morgan fingerprint density at radius 1 is 1.10 bits per heavy atom. The molecule has 1 aromatic carbocycles. The minimum atomic E-state index is -0.0800. The van der Waals surface area contributed by atoms with Gasteiger partial charge in [0.15, 0.2) is 0 Å². The van der Waals surface area contributed by atoms with E-state index in [-0.39, 0.29) is 11.0 Å². The van der Waals surface area contributed by atoms with Gasteiger partial charge in [-0.2, -0.15) is 0 Å². The van der Waals surface area contributed by atoms with Gasteiger partial charge in [0.2, 0.25) is 6.41 Å². The number of amides is 1. The van der Waals surface area contributed by atoms with Crippen LogP contribution in [-0.2, 0) is 4.79 Å². The molecule has 0 saturated heterocycles. The third-order valence-corrected chi connectivity index (χ3v) is 4.74. The van der Waals surface area contributed by atoms with E-state index in [1.807, 2.05) is 24.3 Å². The summed E-state index contributed by atoms with van der Waals surface area (Å²) < 4.78 is 6.47. The van der Waals surface area contributed by atoms with Crippen molar-refractivity contribution in [1.29, 1.82) is 0 Å². The topological polar surface area (TPSA) is 29.5 Å². The molecule has 0 radical (unpaired) electrons. The fraction of sp³-hybridized carbons (Fsp3) is 0.611. The van der Waals surface area contributed by atoms with Crippen LogP contribution in [0.2, 0.25) is 0 Å². The molecule has 0 spiro atoms. The second-order valence-corrected chi connectivity index (χ2v) is 7.12. The van der Waals surface area contributed by atoms with E-state index < -0.39 is 0 Å². The summed E-state index contributed by atoms with van der Waals surface area (Å²) in [5.74, 6) is 0.898. The summed E-state index contributed by atoms with van der Waals surface area (Å²) >= 11 is 0. The molecule has 116 valence electrons. The highest BCUT2D eigenvalue weighted by Gasteiger charge is 2.44. The van der Waals surface area contributed by atoms with Crippen LogP contribution in [0, 0.1) is 5.41 Å². The number of hydrogen-bond donors (Lipinski definition) is 0. The van der Waals surface area contributed by atoms with Crippen LogP contribution in [-0.4, -0.2) is 19.1 Å². The van der Waals surface area contributed by atoms with Gasteiger partial charge in [0, 0.05) is 18.2 Å². The highest BCUT2D eigenvalue weighted by molar-refractivity contribution is 5.74. The summed E-state index contributed by atoms with van der Waals surface area (Å²) in [4.78, 5) is 12.3. The lowest BCUT2D eigenvalue weighted by Crippen LogP contribution is -2.49. The Morgan fingerprint density at radius 2 is 1.67 bits per heavy atom. The number of carbonyl (C=O) groups excluding carboxylic acids is 1. The van der Waals surface area contributed by atoms with Crippen LogP contribution < -0.4 is 9.64 Å². The Bertz CT molecular complexity index is 467. The average Bonchev–Trinajstić information content (AvgIpc) is 2.47. The zero-order valence-corrected chi connectivity index (χ0v) is 13.7. The van der Waals surface area contributed by atoms with Crippen molar-refractivity contribution in [2.45, 2.75) is 58.5 Å². The van der Waals surface area contributed by atoms with Crippen LogP contribution in [0.5, 0.6) is 5.75 Å². The van der Waals surface area contributed by atoms with Crippen molar-refractivity contribution < 1.29 is 9.53 Å². The molecule has 0 aromatic heterocycles. The zero-order chi connectivity index (χ0) is 15.5. The van der Waals surface area contributed by atoms with E-state index in [1.165, 1.54) is 19.3 Å². The molecule has 1 aliphatic rings. The predicted octanol–water partition coefficient (Wildman–Crippen LogP) is 4.41. The first kappa shape index (κ1) is 15.9. The third kappa shape index (κ3) is 3.39. The maximum absolute atomic E-state index is 10.8. The summed E-state index contributed by atoms with van der Waals surface area (Å²) in [6.07, 6.45) is 6.84. The average molecular weight is 289 g/mol. The Kier molecular flexibility index (Phi) is 4.60. The van der Waals surface area contributed by atoms with Crippen molar-refractivity contribution in [2.75, 3.05) is 11.9 Å². The highest BCUT2D eigenvalue weighted by atomic mass is 16.5. The van der Waals surface area contributed by atoms with E-state index >= 15 is 0 Å². The Balaban J connectivity index is 2.19. The number of hydrogen-bond acceptors (Lipinski definition) is 2. The lowest BCUT2D eigenvalue weighted by atomic mass is 9.68. The molecular weight excluding hydrogens is 262 g/mol. The van der Waals surface area contributed by atoms with Gasteiger partial charge in [0.25, 0.3) is 0 Å². The van der Waals surface area contributed by atoms with E-state index in [0.717, 1.165) is 30.7 Å². The fourth-order valence-electron chi connectivity index (χ4n) is 3.16. The molecule has 0 aliphatic heterocycles. The minimum Gasteiger partial charge on any atom is -0.487 e. The molecule has 1 aliphatic carbocycles. The van der Waals surface area contributed by atoms with Crippen LogP contribution in [0.1, 0.15) is 52.9 Å². The van der Waals surface area contributed by atoms with E-state index in [4.69, 9.17) is 4.74 Å². The normalized spacial score (nSPS) is 18.1. The van der Waals surface area contributed by atoms with Gasteiger partial charge in [0.1, 0.15) is 11.4 Å². The second kappa shape index (κ2) is 6.08. The van der Waals surface area contributed by atoms with Crippen molar-refractivity contribution in [3.63, 3.8) is 0 Å². The maximum atomic E-state index is 10.8. The number of anilines is 1. The number of ether oxygens (including phenoxy) is 1. The van der Waals surface area contributed by atoms with Crippen molar-refractivity contribution in [2.24, 2.45) is 5.41 Å². The number of carbonyl (C=O) groups is 1. The van der Waals surface area contributed by atoms with Gasteiger partial charge < -0.3 is 9.64 Å². The van der Waals surface area contributed by atoms with Crippen LogP contribution in [0.4, 0.5) is 5.69 Å². The molecule has 0 unspecified atom stereocenters. The van der Waals surface area contributed by atoms with E-state index in [2.05, 4.69) is 20.8 Å². The Morgan fingerprint density at radius 3 is 2.14 bits per heavy atom. The third-order valence-electron chi connectivity index (χ3n) is 4.74. The van der Waals surface area contributed by atoms with Crippen molar-refractivity contribution >= 4 is 12.1 Å². The van der Waals surface area contributed by atoms with Gasteiger partial charge in [-0.15, -0.1) is 0 Å². The molecular formula is C18H27NO2. The molecule has 21 heavy (non-hydrogen) atoms. The molecule has 1 aromatic rings. The largest absolute Gasteiger partial charge is 0.487 e. The molecule has 3 heteroatoms. The fourth-order valence-corrected chi connectivity index (χ4v) is 3.16. The van der Waals surface area contributed by atoms with Crippen molar-refractivity contribution in [3.05, 3.63) is 24.3 Å². The van der Waals surface area contributed by atoms with Crippen molar-refractivity contribution in [1.82, 2.24) is 0 Å². The quantitative estimate of drug-likeness (QED) is 0.768. The lowest BCUT2D eigenvalue weighted by Gasteiger charge is -2.47. The summed E-state index contributed by atoms with van der Waals surface area (Å²) in [7, 11) is 1.75. The van der Waals surface area contributed by atoms with Gasteiger partial charge in [-0.1, -0.05) is 27.2 Å². The van der Waals surface area contributed by atoms with Gasteiger partial charge in [-0.25, -0.2) is 0 Å². The molecule has 0 bridgehead atoms. The second-order valence-electron chi connectivity index (χ2n) is 7.12. The summed E-state index contributed by atoms with van der Waals surface area (Å²) in [6.45, 7) is 6.81. The minimum absolute atomic E-state index is 0.0800. The van der Waals surface area contributed by atoms with E-state index in [9.17, 15) is 4.79 Å². The summed E-state index contributed by atoms with van der Waals surface area (Å²) in [5.41, 5.74) is 0.917. The first-order valence-corrected chi connectivity index (χ1v) is 7.85. The Hall–Kier alpha value is -1.51. The molecule has 1 amide bonds. The van der Waals surface area contributed by atoms with Crippen molar-refractivity contribution in [3.8, 4) is 5.75 Å². The van der Waals surface area contributed by atoms with E-state index in [0.29, 0.717) is 0 Å². The first-order valence-electron chi connectivity index (χ1n) is 7.85. The molecule has 3 nitrogen and oxygen atoms in total. The van der Waals surface area contributed by atoms with E-state index in [1.54, 1.807) is 11.9 Å². The van der Waals surface area contributed by atoms with Crippen LogP contribution in [0.3, 0.4) is 0 Å². The van der Waals surface area contributed by atoms with Gasteiger partial charge in [-0.05, 0) is 49.9 Å². The molecule has 2 rings (SSSR count). The molecule has 0 heterocycles. The zero-order valence-electron chi connectivity index (χ0n) is 13.7. The molecule has 1 saturated carbocycles. The highest BCUT2D eigenvalue weighted by Crippen LogP contribution is 2.45. The summed E-state index contributed by atoms with van der Waals surface area (Å²) in [6, 6.07) is 7.81. The maximum Gasteiger partial charge on any atom is 0.213 e. The van der Waals surface area contributed by atoms with Crippen LogP contribution in [0.15, 0.2) is 24.3 Å². The summed E-state index contributed by atoms with van der Waals surface area (Å²) in [5, 5.41) is 0. The van der Waals surface area contributed by atoms with Crippen LogP contribution in [0.25, 0.3) is 0 Å². The van der Waals surface area contributed by atoms with Gasteiger partial charge in [-0.3, -0.25) is 4.79 Å². The monoisotopic (exact) mass is 289 g/mol. The predicted molar refractivity (Wildman–Crippen MR) is 86.8 cm³/mol. The molecule has 0 atom stereocenters. The number of nitrogens with zero attached hydrogens (tertiary/aromatic N) is 1.